The number of carbonyl (C=O) groups is 1. The van der Waals surface area contributed by atoms with Gasteiger partial charge in [-0.1, -0.05) is 37.8 Å². The number of carbonyl (C=O) groups excluding carboxylic acids is 1. The first-order chi connectivity index (χ1) is 16.5. The summed E-state index contributed by atoms with van der Waals surface area (Å²) >= 11 is 0. The van der Waals surface area contributed by atoms with Crippen LogP contribution in [0.2, 0.25) is 0 Å². The van der Waals surface area contributed by atoms with Crippen molar-refractivity contribution in [2.24, 2.45) is 0 Å². The first-order valence-corrected chi connectivity index (χ1v) is 12.3. The van der Waals surface area contributed by atoms with E-state index in [1.807, 2.05) is 41.8 Å². The molecule has 2 aromatic heterocycles. The average Bonchev–Trinajstić information content (AvgIpc) is 3.35. The number of ether oxygens (including phenoxy) is 1. The summed E-state index contributed by atoms with van der Waals surface area (Å²) < 4.78 is 12.5. The Morgan fingerprint density at radius 1 is 1.15 bits per heavy atom. The van der Waals surface area contributed by atoms with E-state index in [2.05, 4.69) is 12.4 Å². The van der Waals surface area contributed by atoms with Gasteiger partial charge in [-0.25, -0.2) is 0 Å². The number of aromatic nitrogens is 1. The molecule has 0 saturated heterocycles. The Morgan fingerprint density at radius 3 is 2.47 bits per heavy atom. The number of hydrogen-bond donors (Lipinski definition) is 2. The Kier molecular flexibility index (Phi) is 7.63. The van der Waals surface area contributed by atoms with Crippen molar-refractivity contribution in [2.75, 3.05) is 20.8 Å². The molecule has 1 amide bonds. The fraction of sp³-hybridized carbons (Fsp3) is 0.519. The maximum Gasteiger partial charge on any atom is 0.271 e. The number of rotatable bonds is 5. The molecule has 7 nitrogen and oxygen atoms in total. The van der Waals surface area contributed by atoms with E-state index in [9.17, 15) is 9.90 Å². The van der Waals surface area contributed by atoms with Crippen molar-refractivity contribution in [3.63, 3.8) is 0 Å². The van der Waals surface area contributed by atoms with Crippen molar-refractivity contribution in [3.8, 4) is 5.75 Å². The summed E-state index contributed by atoms with van der Waals surface area (Å²) in [4.78, 5) is 14.9. The number of nitrogens with zero attached hydrogens (tertiary/aromatic N) is 2. The second-order valence-corrected chi connectivity index (χ2v) is 9.66. The molecule has 1 atom stereocenters. The second kappa shape index (κ2) is 10.7. The van der Waals surface area contributed by atoms with Crippen LogP contribution in [0.5, 0.6) is 5.75 Å². The Hall–Kier alpha value is -2.77. The molecule has 2 aliphatic rings. The van der Waals surface area contributed by atoms with Gasteiger partial charge in [0, 0.05) is 31.3 Å². The number of fused-ring (bicyclic) bond motifs is 3. The second-order valence-electron chi connectivity index (χ2n) is 9.66. The molecule has 2 N–H and O–H groups in total. The van der Waals surface area contributed by atoms with Gasteiger partial charge in [0.05, 0.1) is 31.0 Å². The van der Waals surface area contributed by atoms with Gasteiger partial charge in [0.1, 0.15) is 11.4 Å². The van der Waals surface area contributed by atoms with Crippen LogP contribution in [0.4, 0.5) is 0 Å². The Balaban J connectivity index is 0.000000257. The first kappa shape index (κ1) is 24.4. The van der Waals surface area contributed by atoms with Crippen molar-refractivity contribution >= 4 is 17.0 Å². The van der Waals surface area contributed by atoms with Crippen LogP contribution >= 0.6 is 0 Å². The lowest BCUT2D eigenvalue weighted by Crippen LogP contribution is -2.58. The molecule has 184 valence electrons. The molecule has 3 heterocycles. The summed E-state index contributed by atoms with van der Waals surface area (Å²) in [7, 11) is 3.70. The molecule has 0 radical (unpaired) electrons. The fourth-order valence-electron chi connectivity index (χ4n) is 5.01. The molecule has 1 saturated carbocycles. The highest BCUT2D eigenvalue weighted by Gasteiger charge is 2.42. The zero-order chi connectivity index (χ0) is 24.1. The molecule has 0 bridgehead atoms. The molecule has 7 heteroatoms. The molecule has 34 heavy (non-hydrogen) atoms. The largest absolute Gasteiger partial charge is 0.497 e. The third-order valence-corrected chi connectivity index (χ3v) is 7.24. The lowest BCUT2D eigenvalue weighted by atomic mass is 9.96. The summed E-state index contributed by atoms with van der Waals surface area (Å²) in [6.07, 6.45) is 10.2. The molecule has 5 rings (SSSR count). The van der Waals surface area contributed by atoms with E-state index in [1.54, 1.807) is 24.3 Å². The van der Waals surface area contributed by atoms with Crippen molar-refractivity contribution in [1.29, 1.82) is 0 Å². The monoisotopic (exact) mass is 467 g/mol. The third-order valence-electron chi connectivity index (χ3n) is 7.24. The van der Waals surface area contributed by atoms with E-state index in [1.165, 1.54) is 38.5 Å². The van der Waals surface area contributed by atoms with Crippen LogP contribution in [0.15, 0.2) is 47.1 Å². The minimum atomic E-state index is -0.687. The normalized spacial score (nSPS) is 21.1. The zero-order valence-corrected chi connectivity index (χ0v) is 20.5. The predicted octanol–water partition coefficient (Wildman–Crippen LogP) is 4.58. The lowest BCUT2D eigenvalue weighted by molar-refractivity contribution is 0.0100. The predicted molar refractivity (Wildman–Crippen MR) is 133 cm³/mol. The standard InChI is InChI=1S/C19H20N2O4.C8H17N/c1-19(12-22)11-20-15-7-8-25-17(15)9-16(20)18(23)21(19)10-13-3-5-14(24-2)6-4-13;1-9-8-6-4-2-3-5-7-8/h3-9,22H,10-12H2,1-2H3;8-9H,2-7H2,1H3. The number of nitrogens with one attached hydrogen (secondary N) is 1. The summed E-state index contributed by atoms with van der Waals surface area (Å²) in [6.45, 7) is 2.73. The molecule has 1 aliphatic heterocycles. The van der Waals surface area contributed by atoms with Crippen LogP contribution in [0.3, 0.4) is 0 Å². The van der Waals surface area contributed by atoms with Crippen LogP contribution < -0.4 is 10.1 Å². The van der Waals surface area contributed by atoms with Crippen LogP contribution in [0, 0.1) is 0 Å². The molecule has 0 spiro atoms. The molecule has 1 aromatic carbocycles. The Morgan fingerprint density at radius 2 is 1.85 bits per heavy atom. The van der Waals surface area contributed by atoms with Crippen LogP contribution in [0.1, 0.15) is 61.5 Å². The lowest BCUT2D eigenvalue weighted by Gasteiger charge is -2.44. The van der Waals surface area contributed by atoms with Gasteiger partial charge in [-0.05, 0) is 44.5 Å². The number of benzene rings is 1. The van der Waals surface area contributed by atoms with E-state index in [0.717, 1.165) is 22.9 Å². The average molecular weight is 468 g/mol. The SMILES string of the molecule is CNC1CCCCCC1.COc1ccc(CN2C(=O)c3cc4occc4n3CC2(C)CO)cc1. The van der Waals surface area contributed by atoms with E-state index in [0.29, 0.717) is 24.4 Å². The number of furan rings is 1. The topological polar surface area (TPSA) is 79.9 Å². The number of amides is 1. The van der Waals surface area contributed by atoms with Crippen LogP contribution in [0.25, 0.3) is 11.1 Å². The van der Waals surface area contributed by atoms with Gasteiger partial charge in [-0.3, -0.25) is 4.79 Å². The van der Waals surface area contributed by atoms with Gasteiger partial charge >= 0.3 is 0 Å². The number of hydrogen-bond acceptors (Lipinski definition) is 5. The van der Waals surface area contributed by atoms with Crippen molar-refractivity contribution in [3.05, 3.63) is 53.9 Å². The van der Waals surface area contributed by atoms with Gasteiger partial charge < -0.3 is 29.0 Å². The Bertz CT molecular complexity index is 1080. The van der Waals surface area contributed by atoms with Gasteiger partial charge in [0.25, 0.3) is 5.91 Å². The van der Waals surface area contributed by atoms with E-state index >= 15 is 0 Å². The van der Waals surface area contributed by atoms with Crippen molar-refractivity contribution < 1.29 is 19.1 Å². The quantitative estimate of drug-likeness (QED) is 0.537. The molecule has 1 aliphatic carbocycles. The minimum absolute atomic E-state index is 0.106. The van der Waals surface area contributed by atoms with Crippen molar-refractivity contribution in [1.82, 2.24) is 14.8 Å². The third kappa shape index (κ3) is 5.00. The minimum Gasteiger partial charge on any atom is -0.497 e. The van der Waals surface area contributed by atoms with Gasteiger partial charge in [-0.2, -0.15) is 0 Å². The number of methoxy groups -OCH3 is 1. The number of aliphatic hydroxyl groups excluding tert-OH is 1. The van der Waals surface area contributed by atoms with E-state index < -0.39 is 5.54 Å². The highest BCUT2D eigenvalue weighted by atomic mass is 16.5. The molecule has 1 fully saturated rings. The van der Waals surface area contributed by atoms with Crippen LogP contribution in [-0.4, -0.2) is 52.8 Å². The maximum absolute atomic E-state index is 13.1. The summed E-state index contributed by atoms with van der Waals surface area (Å²) in [5.41, 5.74) is 2.46. The van der Waals surface area contributed by atoms with Gasteiger partial charge in [0.15, 0.2) is 5.58 Å². The Labute approximate surface area is 201 Å². The van der Waals surface area contributed by atoms with E-state index in [-0.39, 0.29) is 12.5 Å². The van der Waals surface area contributed by atoms with Gasteiger partial charge in [0.2, 0.25) is 0 Å². The fourth-order valence-corrected chi connectivity index (χ4v) is 5.01. The highest BCUT2D eigenvalue weighted by molar-refractivity contribution is 5.98. The zero-order valence-electron chi connectivity index (χ0n) is 20.5. The smallest absolute Gasteiger partial charge is 0.271 e. The summed E-state index contributed by atoms with van der Waals surface area (Å²) in [5.74, 6) is 0.665. The highest BCUT2D eigenvalue weighted by Crippen LogP contribution is 2.33. The first-order valence-electron chi connectivity index (χ1n) is 12.3. The number of aliphatic hydroxyl groups is 1. The van der Waals surface area contributed by atoms with E-state index in [4.69, 9.17) is 9.15 Å². The summed E-state index contributed by atoms with van der Waals surface area (Å²) in [6, 6.07) is 12.1. The molecular formula is C27H37N3O4. The molecule has 3 aromatic rings. The van der Waals surface area contributed by atoms with Gasteiger partial charge in [-0.15, -0.1) is 0 Å². The molecule has 1 unspecified atom stereocenters. The maximum atomic E-state index is 13.1. The molecular weight excluding hydrogens is 430 g/mol. The summed E-state index contributed by atoms with van der Waals surface area (Å²) in [5, 5.41) is 13.4. The van der Waals surface area contributed by atoms with Crippen molar-refractivity contribution in [2.45, 2.75) is 70.1 Å². The van der Waals surface area contributed by atoms with Crippen LogP contribution in [-0.2, 0) is 13.1 Å².